The van der Waals surface area contributed by atoms with Crippen molar-refractivity contribution in [1.29, 1.82) is 0 Å². The number of benzene rings is 1. The average molecular weight is 234 g/mol. The van der Waals surface area contributed by atoms with Crippen LogP contribution in [0.15, 0.2) is 18.2 Å². The van der Waals surface area contributed by atoms with E-state index in [1.807, 2.05) is 0 Å². The first-order chi connectivity index (χ1) is 6.63. The fraction of sp³-hybridized carbons (Fsp3) is 0.222. The monoisotopic (exact) mass is 233 g/mol. The Labute approximate surface area is 92.5 Å². The summed E-state index contributed by atoms with van der Waals surface area (Å²) in [6.45, 7) is 0.260. The first-order valence-corrected chi connectivity index (χ1v) is 4.76. The maximum absolute atomic E-state index is 5.87. The van der Waals surface area contributed by atoms with Crippen LogP contribution < -0.4 is 15.5 Å². The number of halogens is 2. The van der Waals surface area contributed by atoms with Gasteiger partial charge in [-0.15, -0.1) is 0 Å². The predicted octanol–water partition coefficient (Wildman–Crippen LogP) is 0.440. The summed E-state index contributed by atoms with van der Waals surface area (Å²) in [5.74, 6) is 1.05. The summed E-state index contributed by atoms with van der Waals surface area (Å²) < 4.78 is 5.33. The SMILES string of the molecule is C[NH+]=C(N)COc1cc(Cl)ccc1Cl. The highest BCUT2D eigenvalue weighted by Crippen LogP contribution is 2.27. The van der Waals surface area contributed by atoms with Crippen LogP contribution in [0.25, 0.3) is 0 Å². The van der Waals surface area contributed by atoms with E-state index in [4.69, 9.17) is 33.7 Å². The standard InChI is InChI=1S/C9H10Cl2N2O/c1-13-9(12)5-14-8-4-6(10)2-3-7(8)11/h2-4H,5H2,1H3,(H2,12,13)/p+1. The molecule has 0 amide bonds. The van der Waals surface area contributed by atoms with Gasteiger partial charge >= 0.3 is 0 Å². The Kier molecular flexibility index (Phi) is 4.04. The second kappa shape index (κ2) is 5.08. The van der Waals surface area contributed by atoms with Gasteiger partial charge < -0.3 is 4.74 Å². The van der Waals surface area contributed by atoms with E-state index in [1.165, 1.54) is 0 Å². The van der Waals surface area contributed by atoms with Gasteiger partial charge in [0.2, 0.25) is 0 Å². The zero-order valence-corrected chi connectivity index (χ0v) is 9.19. The van der Waals surface area contributed by atoms with Crippen LogP contribution in [0, 0.1) is 0 Å². The molecule has 0 heterocycles. The van der Waals surface area contributed by atoms with Crippen LogP contribution in [0.5, 0.6) is 5.75 Å². The smallest absolute Gasteiger partial charge is 0.278 e. The van der Waals surface area contributed by atoms with Crippen LogP contribution in [0.1, 0.15) is 0 Å². The molecule has 0 saturated heterocycles. The summed E-state index contributed by atoms with van der Waals surface area (Å²) in [5, 5.41) is 1.09. The van der Waals surface area contributed by atoms with Gasteiger partial charge in [-0.3, -0.25) is 10.7 Å². The minimum absolute atomic E-state index is 0.260. The molecule has 1 aromatic rings. The van der Waals surface area contributed by atoms with Gasteiger partial charge in [-0.05, 0) is 12.1 Å². The molecule has 0 atom stereocenters. The van der Waals surface area contributed by atoms with Crippen molar-refractivity contribution in [3.05, 3.63) is 28.2 Å². The fourth-order valence-corrected chi connectivity index (χ4v) is 1.15. The van der Waals surface area contributed by atoms with E-state index in [-0.39, 0.29) is 6.61 Å². The number of ether oxygens (including phenoxy) is 1. The molecule has 0 bridgehead atoms. The van der Waals surface area contributed by atoms with Gasteiger partial charge in [-0.1, -0.05) is 23.2 Å². The third kappa shape index (κ3) is 3.09. The van der Waals surface area contributed by atoms with E-state index in [1.54, 1.807) is 25.2 Å². The van der Waals surface area contributed by atoms with E-state index < -0.39 is 0 Å². The summed E-state index contributed by atoms with van der Waals surface area (Å²) >= 11 is 11.6. The minimum atomic E-state index is 0.260. The molecule has 14 heavy (non-hydrogen) atoms. The third-order valence-corrected chi connectivity index (χ3v) is 2.14. The molecular weight excluding hydrogens is 223 g/mol. The first-order valence-electron chi connectivity index (χ1n) is 4.00. The molecule has 1 aromatic carbocycles. The Balaban J connectivity index is 2.71. The number of hydrogen-bond donors (Lipinski definition) is 2. The largest absolute Gasteiger partial charge is 0.479 e. The number of amidine groups is 1. The zero-order valence-electron chi connectivity index (χ0n) is 7.68. The molecule has 0 aliphatic heterocycles. The molecule has 0 radical (unpaired) electrons. The van der Waals surface area contributed by atoms with Crippen molar-refractivity contribution in [2.45, 2.75) is 0 Å². The Hall–Kier alpha value is -0.930. The molecule has 3 N–H and O–H groups in total. The van der Waals surface area contributed by atoms with E-state index in [0.717, 1.165) is 0 Å². The van der Waals surface area contributed by atoms with Gasteiger partial charge in [-0.2, -0.15) is 0 Å². The lowest BCUT2D eigenvalue weighted by Crippen LogP contribution is -2.72. The molecule has 1 rings (SSSR count). The number of hydrogen-bond acceptors (Lipinski definition) is 1. The third-order valence-electron chi connectivity index (χ3n) is 1.60. The maximum Gasteiger partial charge on any atom is 0.278 e. The van der Waals surface area contributed by atoms with Crippen LogP contribution in [0.2, 0.25) is 10.0 Å². The molecular formula is C9H11Cl2N2O+. The number of nitrogens with two attached hydrogens (primary N) is 1. The highest BCUT2D eigenvalue weighted by Gasteiger charge is 2.04. The summed E-state index contributed by atoms with van der Waals surface area (Å²) in [6.07, 6.45) is 0. The van der Waals surface area contributed by atoms with Gasteiger partial charge in [0.1, 0.15) is 5.75 Å². The van der Waals surface area contributed by atoms with Gasteiger partial charge in [0.15, 0.2) is 6.61 Å². The molecule has 5 heteroatoms. The normalized spacial score (nSPS) is 11.5. The lowest BCUT2D eigenvalue weighted by molar-refractivity contribution is -0.422. The summed E-state index contributed by atoms with van der Waals surface area (Å²) in [6, 6.07) is 5.02. The van der Waals surface area contributed by atoms with Gasteiger partial charge in [0.05, 0.1) is 12.1 Å². The van der Waals surface area contributed by atoms with Crippen molar-refractivity contribution in [3.63, 3.8) is 0 Å². The summed E-state index contributed by atoms with van der Waals surface area (Å²) in [7, 11) is 1.72. The highest BCUT2D eigenvalue weighted by molar-refractivity contribution is 6.34. The minimum Gasteiger partial charge on any atom is -0.479 e. The van der Waals surface area contributed by atoms with Crippen LogP contribution in [-0.4, -0.2) is 19.5 Å². The quantitative estimate of drug-likeness (QED) is 0.589. The van der Waals surface area contributed by atoms with Crippen molar-refractivity contribution < 1.29 is 9.73 Å². The molecule has 0 unspecified atom stereocenters. The van der Waals surface area contributed by atoms with Crippen LogP contribution in [0.4, 0.5) is 0 Å². The second-order valence-corrected chi connectivity index (χ2v) is 3.48. The Morgan fingerprint density at radius 2 is 2.21 bits per heavy atom. The van der Waals surface area contributed by atoms with E-state index in [2.05, 4.69) is 4.99 Å². The Morgan fingerprint density at radius 3 is 2.86 bits per heavy atom. The molecule has 0 fully saturated rings. The molecule has 0 aromatic heterocycles. The van der Waals surface area contributed by atoms with Gasteiger partial charge in [0, 0.05) is 11.1 Å². The molecule has 0 aliphatic carbocycles. The highest BCUT2D eigenvalue weighted by atomic mass is 35.5. The predicted molar refractivity (Wildman–Crippen MR) is 58.0 cm³/mol. The van der Waals surface area contributed by atoms with Crippen molar-refractivity contribution >= 4 is 29.0 Å². The molecule has 76 valence electrons. The van der Waals surface area contributed by atoms with Crippen LogP contribution >= 0.6 is 23.2 Å². The summed E-state index contributed by atoms with van der Waals surface area (Å²) in [5.41, 5.74) is 5.51. The molecule has 3 nitrogen and oxygen atoms in total. The first kappa shape index (κ1) is 11.1. The van der Waals surface area contributed by atoms with E-state index in [0.29, 0.717) is 21.6 Å². The molecule has 0 spiro atoms. The van der Waals surface area contributed by atoms with Gasteiger partial charge in [0.25, 0.3) is 5.84 Å². The molecule has 0 aliphatic rings. The van der Waals surface area contributed by atoms with Crippen molar-refractivity contribution in [2.75, 3.05) is 13.7 Å². The van der Waals surface area contributed by atoms with Crippen LogP contribution in [0.3, 0.4) is 0 Å². The fourth-order valence-electron chi connectivity index (χ4n) is 0.815. The zero-order chi connectivity index (χ0) is 10.6. The lowest BCUT2D eigenvalue weighted by atomic mass is 10.3. The number of rotatable bonds is 3. The molecule has 0 saturated carbocycles. The van der Waals surface area contributed by atoms with Crippen molar-refractivity contribution in [2.24, 2.45) is 5.73 Å². The number of nitrogens with one attached hydrogen (secondary N) is 1. The van der Waals surface area contributed by atoms with E-state index >= 15 is 0 Å². The van der Waals surface area contributed by atoms with Gasteiger partial charge in [-0.25, -0.2) is 0 Å². The Bertz CT molecular complexity index is 353. The second-order valence-electron chi connectivity index (χ2n) is 2.64. The average Bonchev–Trinajstić information content (AvgIpc) is 2.19. The maximum atomic E-state index is 5.87. The summed E-state index contributed by atoms with van der Waals surface area (Å²) in [4.78, 5) is 2.76. The van der Waals surface area contributed by atoms with Crippen molar-refractivity contribution in [3.8, 4) is 5.75 Å². The topological polar surface area (TPSA) is 49.2 Å². The van der Waals surface area contributed by atoms with Crippen molar-refractivity contribution in [1.82, 2.24) is 0 Å². The Morgan fingerprint density at radius 1 is 1.50 bits per heavy atom. The lowest BCUT2D eigenvalue weighted by Gasteiger charge is -2.05. The van der Waals surface area contributed by atoms with E-state index in [9.17, 15) is 0 Å². The van der Waals surface area contributed by atoms with Crippen LogP contribution in [-0.2, 0) is 0 Å².